The topological polar surface area (TPSA) is 122 Å². The van der Waals surface area contributed by atoms with Gasteiger partial charge in [0.1, 0.15) is 6.04 Å². The first-order valence-corrected chi connectivity index (χ1v) is 10.1. The first-order valence-electron chi connectivity index (χ1n) is 8.60. The number of hydrogen-bond donors (Lipinski definition) is 4. The highest BCUT2D eigenvalue weighted by molar-refractivity contribution is 7.46. The van der Waals surface area contributed by atoms with Crippen LogP contribution in [0.5, 0.6) is 0 Å². The first-order chi connectivity index (χ1) is 10.9. The molecule has 0 aliphatic heterocycles. The summed E-state index contributed by atoms with van der Waals surface area (Å²) < 4.78 is 14.7. The van der Waals surface area contributed by atoms with E-state index in [0.717, 1.165) is 19.3 Å². The van der Waals surface area contributed by atoms with Crippen molar-refractivity contribution < 1.29 is 23.7 Å². The monoisotopic (exact) mass is 352 g/mol. The van der Waals surface area contributed by atoms with Crippen LogP contribution < -0.4 is 11.1 Å². The van der Waals surface area contributed by atoms with Crippen LogP contribution in [0, 0.1) is 0 Å². The minimum absolute atomic E-state index is 0.450. The van der Waals surface area contributed by atoms with Gasteiger partial charge in [-0.25, -0.2) is 4.57 Å². The maximum Gasteiger partial charge on any atom is 0.469 e. The van der Waals surface area contributed by atoms with Crippen LogP contribution in [0.2, 0.25) is 0 Å². The summed E-state index contributed by atoms with van der Waals surface area (Å²) in [5.41, 5.74) is 5.47. The van der Waals surface area contributed by atoms with E-state index in [-0.39, 0.29) is 0 Å². The molecule has 0 aliphatic carbocycles. The highest BCUT2D eigenvalue weighted by Gasteiger charge is 2.20. The van der Waals surface area contributed by atoms with E-state index in [2.05, 4.69) is 16.8 Å². The van der Waals surface area contributed by atoms with Crippen molar-refractivity contribution in [2.75, 3.05) is 13.2 Å². The molecule has 0 spiro atoms. The van der Waals surface area contributed by atoms with Crippen LogP contribution in [-0.4, -0.2) is 34.9 Å². The third-order valence-corrected chi connectivity index (χ3v) is 4.07. The minimum atomic E-state index is -4.58. The fourth-order valence-corrected chi connectivity index (χ4v) is 2.56. The molecule has 0 heterocycles. The molecular weight excluding hydrogens is 319 g/mol. The third kappa shape index (κ3) is 16.2. The second-order valence-electron chi connectivity index (χ2n) is 5.87. The Labute approximate surface area is 139 Å². The zero-order valence-corrected chi connectivity index (χ0v) is 15.1. The maximum atomic E-state index is 11.6. The van der Waals surface area contributed by atoms with Gasteiger partial charge in [0.2, 0.25) is 5.91 Å². The summed E-state index contributed by atoms with van der Waals surface area (Å²) >= 11 is 0. The SMILES string of the molecule is CCCCCCCCCCCCNC(=O)[C@H](N)COP(=O)(O)O. The molecule has 0 saturated heterocycles. The Morgan fingerprint density at radius 2 is 1.52 bits per heavy atom. The van der Waals surface area contributed by atoms with Crippen molar-refractivity contribution >= 4 is 13.7 Å². The predicted molar refractivity (Wildman–Crippen MR) is 90.8 cm³/mol. The van der Waals surface area contributed by atoms with Gasteiger partial charge in [-0.1, -0.05) is 64.7 Å². The normalized spacial score (nSPS) is 13.0. The summed E-state index contributed by atoms with van der Waals surface area (Å²) in [7, 11) is -4.58. The molecule has 0 rings (SSSR count). The minimum Gasteiger partial charge on any atom is -0.355 e. The van der Waals surface area contributed by atoms with E-state index in [1.807, 2.05) is 0 Å². The fraction of sp³-hybridized carbons (Fsp3) is 0.933. The van der Waals surface area contributed by atoms with Gasteiger partial charge in [-0.2, -0.15) is 0 Å². The van der Waals surface area contributed by atoms with Crippen LogP contribution >= 0.6 is 7.82 Å². The Morgan fingerprint density at radius 1 is 1.04 bits per heavy atom. The molecule has 23 heavy (non-hydrogen) atoms. The van der Waals surface area contributed by atoms with Gasteiger partial charge in [-0.05, 0) is 6.42 Å². The van der Waals surface area contributed by atoms with Gasteiger partial charge < -0.3 is 20.8 Å². The summed E-state index contributed by atoms with van der Waals surface area (Å²) in [5, 5.41) is 2.65. The number of carbonyl (C=O) groups excluding carboxylic acids is 1. The third-order valence-electron chi connectivity index (χ3n) is 3.59. The van der Waals surface area contributed by atoms with Gasteiger partial charge in [0.05, 0.1) is 6.61 Å². The number of amides is 1. The van der Waals surface area contributed by atoms with Crippen molar-refractivity contribution in [3.63, 3.8) is 0 Å². The molecule has 0 aromatic rings. The van der Waals surface area contributed by atoms with Gasteiger partial charge >= 0.3 is 7.82 Å². The lowest BCUT2D eigenvalue weighted by Gasteiger charge is -2.12. The Morgan fingerprint density at radius 3 is 2.00 bits per heavy atom. The highest BCUT2D eigenvalue weighted by atomic mass is 31.2. The van der Waals surface area contributed by atoms with Crippen molar-refractivity contribution in [3.8, 4) is 0 Å². The molecule has 0 unspecified atom stereocenters. The number of nitrogens with two attached hydrogens (primary N) is 1. The van der Waals surface area contributed by atoms with Crippen molar-refractivity contribution in [3.05, 3.63) is 0 Å². The quantitative estimate of drug-likeness (QED) is 0.265. The van der Waals surface area contributed by atoms with Crippen molar-refractivity contribution in [2.45, 2.75) is 77.2 Å². The van der Waals surface area contributed by atoms with Crippen molar-refractivity contribution in [2.24, 2.45) is 5.73 Å². The fourth-order valence-electron chi connectivity index (χ4n) is 2.21. The van der Waals surface area contributed by atoms with E-state index in [0.29, 0.717) is 6.54 Å². The van der Waals surface area contributed by atoms with Gasteiger partial charge in [-0.15, -0.1) is 0 Å². The summed E-state index contributed by atoms with van der Waals surface area (Å²) in [6, 6.07) is -1.06. The van der Waals surface area contributed by atoms with Crippen LogP contribution in [-0.2, 0) is 13.9 Å². The van der Waals surface area contributed by atoms with Gasteiger partial charge in [0, 0.05) is 6.54 Å². The maximum absolute atomic E-state index is 11.6. The Hall–Kier alpha value is -0.460. The number of carbonyl (C=O) groups is 1. The van der Waals surface area contributed by atoms with Gasteiger partial charge in [-0.3, -0.25) is 9.32 Å². The second kappa shape index (κ2) is 13.9. The lowest BCUT2D eigenvalue weighted by atomic mass is 10.1. The lowest BCUT2D eigenvalue weighted by molar-refractivity contribution is -0.123. The molecule has 138 valence electrons. The van der Waals surface area contributed by atoms with Crippen LogP contribution in [0.15, 0.2) is 0 Å². The molecule has 7 nitrogen and oxygen atoms in total. The molecule has 0 radical (unpaired) electrons. The standard InChI is InChI=1S/C15H33N2O5P/c1-2-3-4-5-6-7-8-9-10-11-12-17-15(18)14(16)13-22-23(19,20)21/h14H,2-13,16H2,1H3,(H,17,18)(H2,19,20,21)/t14-/m1/s1. The van der Waals surface area contributed by atoms with E-state index < -0.39 is 26.4 Å². The van der Waals surface area contributed by atoms with Crippen LogP contribution in [0.1, 0.15) is 71.1 Å². The van der Waals surface area contributed by atoms with Crippen molar-refractivity contribution in [1.29, 1.82) is 0 Å². The van der Waals surface area contributed by atoms with E-state index in [9.17, 15) is 9.36 Å². The molecule has 0 saturated carbocycles. The summed E-state index contributed by atoms with van der Waals surface area (Å²) in [6.07, 6.45) is 12.2. The molecular formula is C15H33N2O5P. The van der Waals surface area contributed by atoms with E-state index in [4.69, 9.17) is 15.5 Å². The average Bonchev–Trinajstić information content (AvgIpc) is 2.49. The van der Waals surface area contributed by atoms with E-state index >= 15 is 0 Å². The Bertz CT molecular complexity index is 349. The molecule has 0 bridgehead atoms. The Kier molecular flexibility index (Phi) is 13.7. The number of phosphoric acid groups is 1. The number of rotatable bonds is 15. The average molecular weight is 352 g/mol. The molecule has 1 amide bonds. The van der Waals surface area contributed by atoms with E-state index in [1.54, 1.807) is 0 Å². The summed E-state index contributed by atoms with van der Waals surface area (Å²) in [4.78, 5) is 28.6. The van der Waals surface area contributed by atoms with Crippen LogP contribution in [0.25, 0.3) is 0 Å². The molecule has 0 aliphatic rings. The zero-order chi connectivity index (χ0) is 17.6. The summed E-state index contributed by atoms with van der Waals surface area (Å²) in [6.45, 7) is 2.25. The molecule has 1 atom stereocenters. The highest BCUT2D eigenvalue weighted by Crippen LogP contribution is 2.35. The van der Waals surface area contributed by atoms with Gasteiger partial charge in [0.15, 0.2) is 0 Å². The number of nitrogens with one attached hydrogen (secondary N) is 1. The Balaban J connectivity index is 3.40. The van der Waals surface area contributed by atoms with Crippen LogP contribution in [0.3, 0.4) is 0 Å². The van der Waals surface area contributed by atoms with Crippen molar-refractivity contribution in [1.82, 2.24) is 5.32 Å². The number of phosphoric ester groups is 1. The number of unbranched alkanes of at least 4 members (excludes halogenated alkanes) is 9. The molecule has 0 fully saturated rings. The molecule has 0 aromatic carbocycles. The first kappa shape index (κ1) is 22.5. The second-order valence-corrected chi connectivity index (χ2v) is 7.11. The molecule has 5 N–H and O–H groups in total. The largest absolute Gasteiger partial charge is 0.469 e. The van der Waals surface area contributed by atoms with E-state index in [1.165, 1.54) is 44.9 Å². The summed E-state index contributed by atoms with van der Waals surface area (Å²) in [5.74, 6) is -0.450. The predicted octanol–water partition coefficient (Wildman–Crippen LogP) is 2.46. The smallest absolute Gasteiger partial charge is 0.355 e. The lowest BCUT2D eigenvalue weighted by Crippen LogP contribution is -2.43. The van der Waals surface area contributed by atoms with Gasteiger partial charge in [0.25, 0.3) is 0 Å². The van der Waals surface area contributed by atoms with Crippen LogP contribution in [0.4, 0.5) is 0 Å². The zero-order valence-electron chi connectivity index (χ0n) is 14.2. The molecule has 0 aromatic heterocycles. The number of hydrogen-bond acceptors (Lipinski definition) is 4. The molecule has 8 heteroatoms.